The van der Waals surface area contributed by atoms with E-state index >= 15 is 0 Å². The van der Waals surface area contributed by atoms with Gasteiger partial charge in [0.25, 0.3) is 5.91 Å². The molecule has 178 valence electrons. The molecular weight excluding hydrogens is 466 g/mol. The molecule has 0 atom stereocenters. The van der Waals surface area contributed by atoms with Gasteiger partial charge in [-0.3, -0.25) is 14.4 Å². The Morgan fingerprint density at radius 2 is 1.72 bits per heavy atom. The maximum Gasteiger partial charge on any atom is 0.337 e. The minimum Gasteiger partial charge on any atom is -0.478 e. The second kappa shape index (κ2) is 9.40. The number of carboxylic acid groups (broad SMARTS) is 1. The summed E-state index contributed by atoms with van der Waals surface area (Å²) in [7, 11) is 0. The lowest BCUT2D eigenvalue weighted by molar-refractivity contribution is -0.114. The summed E-state index contributed by atoms with van der Waals surface area (Å²) in [4.78, 5) is 48.6. The number of nitrogens with one attached hydrogen (secondary N) is 2. The molecule has 4 rings (SSSR count). The van der Waals surface area contributed by atoms with Crippen LogP contribution in [0.5, 0.6) is 0 Å². The molecule has 0 fully saturated rings. The first-order valence-corrected chi connectivity index (χ1v) is 10.4. The van der Waals surface area contributed by atoms with E-state index in [1.54, 1.807) is 24.3 Å². The number of carboxylic acids is 1. The van der Waals surface area contributed by atoms with Crippen LogP contribution in [-0.2, 0) is 4.79 Å². The molecule has 11 nitrogen and oxygen atoms in total. The van der Waals surface area contributed by atoms with Crippen LogP contribution in [0.2, 0.25) is 0 Å². The number of carbonyl (C=O) groups is 4. The number of nitrogens with zero attached hydrogens (tertiary/aromatic N) is 2. The molecule has 5 N–H and O–H groups in total. The number of benzene rings is 3. The lowest BCUT2D eigenvalue weighted by Crippen LogP contribution is -2.16. The number of anilines is 2. The normalized spacial score (nSPS) is 10.4. The highest BCUT2D eigenvalue weighted by atomic mass is 16.5. The molecule has 0 aliphatic rings. The van der Waals surface area contributed by atoms with Gasteiger partial charge in [0.05, 0.1) is 33.8 Å². The molecule has 0 aliphatic carbocycles. The van der Waals surface area contributed by atoms with Gasteiger partial charge in [0.2, 0.25) is 11.8 Å². The zero-order valence-corrected chi connectivity index (χ0v) is 18.7. The van der Waals surface area contributed by atoms with E-state index < -0.39 is 17.8 Å². The van der Waals surface area contributed by atoms with Crippen LogP contribution in [0.1, 0.15) is 43.7 Å². The third-order valence-electron chi connectivity index (χ3n) is 5.25. The summed E-state index contributed by atoms with van der Waals surface area (Å²) in [6.07, 6.45) is 0. The number of aromatic nitrogens is 1. The van der Waals surface area contributed by atoms with Crippen LogP contribution in [0.3, 0.4) is 0 Å². The Labute approximate surface area is 203 Å². The van der Waals surface area contributed by atoms with Gasteiger partial charge >= 0.3 is 5.97 Å². The lowest BCUT2D eigenvalue weighted by Gasteiger charge is -2.13. The third-order valence-corrected chi connectivity index (χ3v) is 5.25. The summed E-state index contributed by atoms with van der Waals surface area (Å²) in [6, 6.07) is 15.2. The molecule has 1 aromatic heterocycles. The monoisotopic (exact) mass is 483 g/mol. The Kier molecular flexibility index (Phi) is 6.17. The van der Waals surface area contributed by atoms with Gasteiger partial charge in [0.1, 0.15) is 0 Å². The minimum absolute atomic E-state index is 0.0485. The van der Waals surface area contributed by atoms with Gasteiger partial charge in [-0.1, -0.05) is 23.4 Å². The Morgan fingerprint density at radius 1 is 0.972 bits per heavy atom. The van der Waals surface area contributed by atoms with Crippen molar-refractivity contribution in [3.05, 3.63) is 77.0 Å². The van der Waals surface area contributed by atoms with Crippen LogP contribution >= 0.6 is 0 Å². The molecule has 0 spiro atoms. The standard InChI is InChI=1S/C25H17N5O6/c1-12(31)28-19-5-3-2-4-14(19)15-9-18-21(10-16(15)23(27)32)36-30-22(18)24(33)29-20-7-6-13(11-26)8-17(20)25(34)35/h2-10H,1H3,(H2,27,32)(H,28,31)(H,29,33)(H,34,35). The second-order valence-corrected chi connectivity index (χ2v) is 7.65. The summed E-state index contributed by atoms with van der Waals surface area (Å²) in [5.74, 6) is -3.22. The number of para-hydroxylation sites is 1. The van der Waals surface area contributed by atoms with E-state index in [2.05, 4.69) is 15.8 Å². The maximum atomic E-state index is 13.1. The van der Waals surface area contributed by atoms with Crippen LogP contribution in [-0.4, -0.2) is 34.0 Å². The van der Waals surface area contributed by atoms with Crippen LogP contribution in [0, 0.1) is 11.3 Å². The SMILES string of the molecule is CC(=O)Nc1ccccc1-c1cc2c(C(=O)Nc3ccc(C#N)cc3C(=O)O)noc2cc1C(N)=O. The van der Waals surface area contributed by atoms with E-state index in [0.29, 0.717) is 16.8 Å². The molecule has 0 saturated heterocycles. The van der Waals surface area contributed by atoms with Crippen molar-refractivity contribution in [3.8, 4) is 17.2 Å². The molecule has 0 bridgehead atoms. The number of fused-ring (bicyclic) bond motifs is 1. The molecule has 11 heteroatoms. The van der Waals surface area contributed by atoms with E-state index in [9.17, 15) is 24.3 Å². The van der Waals surface area contributed by atoms with Gasteiger partial charge in [0, 0.05) is 18.2 Å². The molecule has 0 radical (unpaired) electrons. The molecule has 4 aromatic rings. The lowest BCUT2D eigenvalue weighted by atomic mass is 9.95. The largest absolute Gasteiger partial charge is 0.478 e. The summed E-state index contributed by atoms with van der Waals surface area (Å²) in [6.45, 7) is 1.34. The van der Waals surface area contributed by atoms with E-state index in [1.807, 2.05) is 6.07 Å². The fourth-order valence-electron chi connectivity index (χ4n) is 3.67. The Morgan fingerprint density at radius 3 is 2.39 bits per heavy atom. The Hall–Kier alpha value is -5.50. The highest BCUT2D eigenvalue weighted by Crippen LogP contribution is 2.35. The number of amides is 3. The van der Waals surface area contributed by atoms with E-state index in [-0.39, 0.29) is 44.9 Å². The molecular formula is C25H17N5O6. The van der Waals surface area contributed by atoms with Crippen molar-refractivity contribution in [2.75, 3.05) is 10.6 Å². The molecule has 0 aliphatic heterocycles. The third kappa shape index (κ3) is 4.46. The summed E-state index contributed by atoms with van der Waals surface area (Å²) in [5, 5.41) is 27.7. The van der Waals surface area contributed by atoms with Gasteiger partial charge in [-0.05, 0) is 42.0 Å². The Bertz CT molecular complexity index is 1620. The number of nitrogens with two attached hydrogens (primary N) is 1. The van der Waals surface area contributed by atoms with E-state index in [4.69, 9.17) is 15.5 Å². The van der Waals surface area contributed by atoms with Crippen molar-refractivity contribution in [2.24, 2.45) is 5.73 Å². The average Bonchev–Trinajstić information content (AvgIpc) is 3.26. The van der Waals surface area contributed by atoms with E-state index in [0.717, 1.165) is 6.07 Å². The molecule has 3 aromatic carbocycles. The van der Waals surface area contributed by atoms with Crippen molar-refractivity contribution in [3.63, 3.8) is 0 Å². The van der Waals surface area contributed by atoms with Crippen LogP contribution < -0.4 is 16.4 Å². The van der Waals surface area contributed by atoms with Gasteiger partial charge < -0.3 is 26.0 Å². The highest BCUT2D eigenvalue weighted by Gasteiger charge is 2.23. The first-order valence-electron chi connectivity index (χ1n) is 10.4. The second-order valence-electron chi connectivity index (χ2n) is 7.65. The van der Waals surface area contributed by atoms with Crippen LogP contribution in [0.4, 0.5) is 11.4 Å². The van der Waals surface area contributed by atoms with Crippen molar-refractivity contribution in [1.29, 1.82) is 5.26 Å². The first kappa shape index (κ1) is 23.7. The average molecular weight is 483 g/mol. The molecule has 1 heterocycles. The number of aromatic carboxylic acids is 1. The zero-order chi connectivity index (χ0) is 26.0. The maximum absolute atomic E-state index is 13.1. The Balaban J connectivity index is 1.83. The van der Waals surface area contributed by atoms with Crippen molar-refractivity contribution in [2.45, 2.75) is 6.92 Å². The fourth-order valence-corrected chi connectivity index (χ4v) is 3.67. The van der Waals surface area contributed by atoms with E-state index in [1.165, 1.54) is 31.2 Å². The van der Waals surface area contributed by atoms with Crippen molar-refractivity contribution < 1.29 is 28.8 Å². The van der Waals surface area contributed by atoms with Crippen molar-refractivity contribution >= 4 is 46.0 Å². The molecule has 3 amide bonds. The number of hydrogen-bond acceptors (Lipinski definition) is 7. The number of primary amides is 1. The van der Waals surface area contributed by atoms with Gasteiger partial charge in [-0.2, -0.15) is 5.26 Å². The summed E-state index contributed by atoms with van der Waals surface area (Å²) in [5.41, 5.74) is 6.55. The molecule has 0 unspecified atom stereocenters. The van der Waals surface area contributed by atoms with Crippen LogP contribution in [0.15, 0.2) is 59.1 Å². The number of carbonyl (C=O) groups excluding carboxylic acids is 3. The van der Waals surface area contributed by atoms with Crippen LogP contribution in [0.25, 0.3) is 22.1 Å². The van der Waals surface area contributed by atoms with Gasteiger partial charge in [-0.15, -0.1) is 0 Å². The van der Waals surface area contributed by atoms with Crippen molar-refractivity contribution in [1.82, 2.24) is 5.16 Å². The molecule has 0 saturated carbocycles. The van der Waals surface area contributed by atoms with Gasteiger partial charge in [-0.25, -0.2) is 4.79 Å². The van der Waals surface area contributed by atoms with Gasteiger partial charge in [0.15, 0.2) is 11.3 Å². The predicted molar refractivity (Wildman–Crippen MR) is 128 cm³/mol. The highest BCUT2D eigenvalue weighted by molar-refractivity contribution is 6.15. The first-order chi connectivity index (χ1) is 17.2. The molecule has 36 heavy (non-hydrogen) atoms. The fraction of sp³-hybridized carbons (Fsp3) is 0.0400. The summed E-state index contributed by atoms with van der Waals surface area (Å²) >= 11 is 0. The topological polar surface area (TPSA) is 188 Å². The zero-order valence-electron chi connectivity index (χ0n) is 18.7. The number of hydrogen-bond donors (Lipinski definition) is 4. The summed E-state index contributed by atoms with van der Waals surface area (Å²) < 4.78 is 5.25. The smallest absolute Gasteiger partial charge is 0.337 e. The quantitative estimate of drug-likeness (QED) is 0.321. The predicted octanol–water partition coefficient (Wildman–Crippen LogP) is 3.37. The number of rotatable bonds is 6. The minimum atomic E-state index is -1.34. The number of nitriles is 1.